The van der Waals surface area contributed by atoms with E-state index in [1.807, 2.05) is 45.0 Å². The molecule has 6 nitrogen and oxygen atoms in total. The van der Waals surface area contributed by atoms with Crippen LogP contribution in [-0.4, -0.2) is 60.6 Å². The van der Waals surface area contributed by atoms with Crippen LogP contribution in [0.4, 0.5) is 4.79 Å². The summed E-state index contributed by atoms with van der Waals surface area (Å²) in [4.78, 5) is 28.5. The molecule has 0 radical (unpaired) electrons. The van der Waals surface area contributed by atoms with Crippen LogP contribution in [0.25, 0.3) is 0 Å². The first kappa shape index (κ1) is 21.5. The maximum absolute atomic E-state index is 12.5. The van der Waals surface area contributed by atoms with E-state index in [-0.39, 0.29) is 18.0 Å². The molecule has 27 heavy (non-hydrogen) atoms. The molecule has 1 N–H and O–H groups in total. The molecule has 2 amide bonds. The number of amides is 2. The highest BCUT2D eigenvalue weighted by Gasteiger charge is 2.26. The fourth-order valence-electron chi connectivity index (χ4n) is 2.94. The summed E-state index contributed by atoms with van der Waals surface area (Å²) in [7, 11) is 0. The normalized spacial score (nSPS) is 16.7. The summed E-state index contributed by atoms with van der Waals surface area (Å²) in [6.45, 7) is 9.52. The van der Waals surface area contributed by atoms with E-state index in [1.165, 1.54) is 0 Å². The number of ether oxygens (including phenoxy) is 1. The van der Waals surface area contributed by atoms with Gasteiger partial charge in [-0.1, -0.05) is 37.6 Å². The minimum Gasteiger partial charge on any atom is -0.449 e. The van der Waals surface area contributed by atoms with Crippen LogP contribution >= 0.6 is 11.6 Å². The van der Waals surface area contributed by atoms with Gasteiger partial charge in [0.05, 0.1) is 12.6 Å². The maximum Gasteiger partial charge on any atom is 0.409 e. The Labute approximate surface area is 166 Å². The minimum atomic E-state index is -0.259. The predicted molar refractivity (Wildman–Crippen MR) is 107 cm³/mol. The lowest BCUT2D eigenvalue weighted by Gasteiger charge is -2.27. The van der Waals surface area contributed by atoms with Crippen LogP contribution in [0, 0.1) is 5.92 Å². The number of carbonyl (C=O) groups is 2. The van der Waals surface area contributed by atoms with Crippen molar-refractivity contribution < 1.29 is 14.3 Å². The Bertz CT molecular complexity index is 621. The molecule has 1 heterocycles. The second-order valence-corrected chi connectivity index (χ2v) is 7.80. The van der Waals surface area contributed by atoms with Crippen LogP contribution in [0.2, 0.25) is 5.02 Å². The van der Waals surface area contributed by atoms with E-state index in [9.17, 15) is 9.59 Å². The Hall–Kier alpha value is -1.79. The molecule has 0 aliphatic carbocycles. The highest BCUT2D eigenvalue weighted by molar-refractivity contribution is 6.30. The lowest BCUT2D eigenvalue weighted by molar-refractivity contribution is -0.126. The third kappa shape index (κ3) is 7.03. The van der Waals surface area contributed by atoms with Crippen LogP contribution in [0.3, 0.4) is 0 Å². The third-order valence-electron chi connectivity index (χ3n) is 4.64. The number of nitrogens with one attached hydrogen (secondary N) is 1. The third-order valence-corrected chi connectivity index (χ3v) is 4.89. The van der Waals surface area contributed by atoms with Crippen molar-refractivity contribution in [3.63, 3.8) is 0 Å². The van der Waals surface area contributed by atoms with E-state index in [1.54, 1.807) is 4.90 Å². The molecule has 1 fully saturated rings. The molecule has 1 aliphatic rings. The van der Waals surface area contributed by atoms with E-state index >= 15 is 0 Å². The lowest BCUT2D eigenvalue weighted by Crippen LogP contribution is -2.46. The Morgan fingerprint density at radius 2 is 1.81 bits per heavy atom. The van der Waals surface area contributed by atoms with E-state index < -0.39 is 0 Å². The zero-order valence-electron chi connectivity index (χ0n) is 16.4. The Balaban J connectivity index is 1.80. The van der Waals surface area contributed by atoms with Crippen molar-refractivity contribution in [1.29, 1.82) is 0 Å². The zero-order valence-corrected chi connectivity index (χ0v) is 17.2. The van der Waals surface area contributed by atoms with E-state index in [0.717, 1.165) is 18.5 Å². The zero-order chi connectivity index (χ0) is 19.8. The highest BCUT2D eigenvalue weighted by Crippen LogP contribution is 2.11. The molecular weight excluding hydrogens is 366 g/mol. The fourth-order valence-corrected chi connectivity index (χ4v) is 3.07. The fraction of sp³-hybridized carbons (Fsp3) is 0.600. The van der Waals surface area contributed by atoms with Crippen LogP contribution in [0.5, 0.6) is 0 Å². The number of nitrogens with zero attached hydrogens (tertiary/aromatic N) is 2. The number of carbonyl (C=O) groups excluding carboxylic acids is 2. The number of hydrogen-bond donors (Lipinski definition) is 1. The molecule has 0 bridgehead atoms. The van der Waals surface area contributed by atoms with Crippen LogP contribution in [0.15, 0.2) is 24.3 Å². The van der Waals surface area contributed by atoms with Gasteiger partial charge in [0.25, 0.3) is 0 Å². The van der Waals surface area contributed by atoms with Crippen LogP contribution < -0.4 is 5.32 Å². The highest BCUT2D eigenvalue weighted by atomic mass is 35.5. The van der Waals surface area contributed by atoms with Gasteiger partial charge >= 0.3 is 6.09 Å². The average molecular weight is 396 g/mol. The van der Waals surface area contributed by atoms with Gasteiger partial charge in [0.15, 0.2) is 0 Å². The molecule has 1 aromatic carbocycles. The molecule has 7 heteroatoms. The SMILES string of the molecule is CC(C)COC(=O)N1CCCN(C(C)C(=O)NCc2ccc(Cl)cc2)CC1. The second-order valence-electron chi connectivity index (χ2n) is 7.37. The van der Waals surface area contributed by atoms with Crippen LogP contribution in [-0.2, 0) is 16.1 Å². The number of benzene rings is 1. The first-order valence-electron chi connectivity index (χ1n) is 9.54. The quantitative estimate of drug-likeness (QED) is 0.803. The van der Waals surface area contributed by atoms with Gasteiger partial charge in [-0.15, -0.1) is 0 Å². The Kier molecular flexibility index (Phi) is 8.38. The molecule has 1 aromatic rings. The minimum absolute atomic E-state index is 0.0132. The second kappa shape index (κ2) is 10.5. The molecule has 1 aliphatic heterocycles. The summed E-state index contributed by atoms with van der Waals surface area (Å²) >= 11 is 5.88. The number of halogens is 1. The van der Waals surface area contributed by atoms with E-state index in [0.29, 0.717) is 43.7 Å². The van der Waals surface area contributed by atoms with Crippen molar-refractivity contribution in [3.05, 3.63) is 34.9 Å². The van der Waals surface area contributed by atoms with Crippen molar-refractivity contribution >= 4 is 23.6 Å². The summed E-state index contributed by atoms with van der Waals surface area (Å²) in [5, 5.41) is 3.65. The van der Waals surface area contributed by atoms with Gasteiger partial charge in [-0.2, -0.15) is 0 Å². The molecule has 2 rings (SSSR count). The first-order valence-corrected chi connectivity index (χ1v) is 9.92. The topological polar surface area (TPSA) is 61.9 Å². The van der Waals surface area contributed by atoms with E-state index in [4.69, 9.17) is 16.3 Å². The average Bonchev–Trinajstić information content (AvgIpc) is 2.91. The van der Waals surface area contributed by atoms with Gasteiger partial charge in [0, 0.05) is 37.7 Å². The van der Waals surface area contributed by atoms with Gasteiger partial charge in [-0.05, 0) is 37.0 Å². The van der Waals surface area contributed by atoms with Gasteiger partial charge in [0.2, 0.25) is 5.91 Å². The van der Waals surface area contributed by atoms with Gasteiger partial charge < -0.3 is 15.0 Å². The van der Waals surface area contributed by atoms with Gasteiger partial charge in [-0.25, -0.2) is 4.79 Å². The van der Waals surface area contributed by atoms with E-state index in [2.05, 4.69) is 10.2 Å². The smallest absolute Gasteiger partial charge is 0.409 e. The van der Waals surface area contributed by atoms with Crippen molar-refractivity contribution in [2.75, 3.05) is 32.8 Å². The van der Waals surface area contributed by atoms with Gasteiger partial charge in [0.1, 0.15) is 0 Å². The summed E-state index contributed by atoms with van der Waals surface area (Å²) in [6, 6.07) is 7.19. The summed E-state index contributed by atoms with van der Waals surface area (Å²) in [6.07, 6.45) is 0.566. The standard InChI is InChI=1S/C20H30ClN3O3/c1-15(2)14-27-20(26)24-10-4-9-23(11-12-24)16(3)19(25)22-13-17-5-7-18(21)8-6-17/h5-8,15-16H,4,9-14H2,1-3H3,(H,22,25). The lowest BCUT2D eigenvalue weighted by atomic mass is 10.2. The molecule has 0 aromatic heterocycles. The first-order chi connectivity index (χ1) is 12.9. The Morgan fingerprint density at radius 1 is 1.11 bits per heavy atom. The van der Waals surface area contributed by atoms with Crippen molar-refractivity contribution in [1.82, 2.24) is 15.1 Å². The maximum atomic E-state index is 12.5. The Morgan fingerprint density at radius 3 is 2.48 bits per heavy atom. The molecule has 0 saturated carbocycles. The van der Waals surface area contributed by atoms with Crippen molar-refractivity contribution in [2.45, 2.75) is 39.8 Å². The largest absolute Gasteiger partial charge is 0.449 e. The summed E-state index contributed by atoms with van der Waals surface area (Å²) in [5.74, 6) is 0.308. The molecule has 0 spiro atoms. The number of hydrogen-bond acceptors (Lipinski definition) is 4. The molecule has 150 valence electrons. The monoisotopic (exact) mass is 395 g/mol. The summed E-state index contributed by atoms with van der Waals surface area (Å²) in [5.41, 5.74) is 1.01. The van der Waals surface area contributed by atoms with Crippen molar-refractivity contribution in [3.8, 4) is 0 Å². The number of rotatable bonds is 6. The summed E-state index contributed by atoms with van der Waals surface area (Å²) < 4.78 is 5.32. The van der Waals surface area contributed by atoms with Gasteiger partial charge in [-0.3, -0.25) is 9.69 Å². The predicted octanol–water partition coefficient (Wildman–Crippen LogP) is 3.15. The molecular formula is C20H30ClN3O3. The molecule has 1 atom stereocenters. The van der Waals surface area contributed by atoms with Crippen molar-refractivity contribution in [2.24, 2.45) is 5.92 Å². The van der Waals surface area contributed by atoms with Crippen LogP contribution in [0.1, 0.15) is 32.8 Å². The molecule has 1 saturated heterocycles. The molecule has 1 unspecified atom stereocenters.